The lowest BCUT2D eigenvalue weighted by Crippen LogP contribution is -2.43. The molecular weight excluding hydrogens is 718 g/mol. The van der Waals surface area contributed by atoms with E-state index < -0.39 is 8.07 Å². The summed E-state index contributed by atoms with van der Waals surface area (Å²) in [7, 11) is -1.78. The predicted octanol–water partition coefficient (Wildman–Crippen LogP) is 15.2. The van der Waals surface area contributed by atoms with E-state index in [1.807, 2.05) is 0 Å². The summed E-state index contributed by atoms with van der Waals surface area (Å²) >= 11 is 7.25. The highest BCUT2D eigenvalue weighted by Gasteiger charge is 2.42. The molecule has 3 aromatic rings. The van der Waals surface area contributed by atoms with Crippen LogP contribution in [0.2, 0.25) is 16.6 Å². The minimum atomic E-state index is -1.78. The molecule has 0 radical (unpaired) electrons. The Morgan fingerprint density at radius 1 is 0.723 bits per heavy atom. The first kappa shape index (κ1) is 35.9. The van der Waals surface area contributed by atoms with Gasteiger partial charge in [-0.25, -0.2) is 0 Å². The summed E-state index contributed by atoms with van der Waals surface area (Å²) < 4.78 is 2.16. The van der Waals surface area contributed by atoms with Crippen molar-refractivity contribution in [3.8, 4) is 0 Å². The van der Waals surface area contributed by atoms with Gasteiger partial charge >= 0.3 is 0 Å². The Balaban J connectivity index is 1.62. The topological polar surface area (TPSA) is 3.24 Å². The van der Waals surface area contributed by atoms with Crippen LogP contribution >= 0.6 is 31.9 Å². The number of hydrogen-bond acceptors (Lipinski definition) is 1. The highest BCUT2D eigenvalue weighted by atomic mass is 79.9. The van der Waals surface area contributed by atoms with E-state index in [0.717, 1.165) is 32.4 Å². The minimum Gasteiger partial charge on any atom is -0.311 e. The molecule has 0 aliphatic heterocycles. The molecule has 0 atom stereocenters. The van der Waals surface area contributed by atoms with Crippen LogP contribution in [0, 0.1) is 0 Å². The molecule has 0 bridgehead atoms. The Bertz CT molecular complexity index is 1570. The molecule has 0 spiro atoms. The zero-order chi connectivity index (χ0) is 33.7. The molecule has 0 saturated carbocycles. The second-order valence-electron chi connectivity index (χ2n) is 14.4. The van der Waals surface area contributed by atoms with Crippen molar-refractivity contribution in [3.63, 3.8) is 0 Å². The molecule has 1 nitrogen and oxygen atoms in total. The number of nitrogens with zero attached hydrogens (tertiary/aromatic N) is 1. The van der Waals surface area contributed by atoms with Gasteiger partial charge in [0.25, 0.3) is 0 Å². The Kier molecular flexibility index (Phi) is 12.1. The molecular formula is C43H53Br2NSi. The summed E-state index contributed by atoms with van der Waals surface area (Å²) in [5, 5.41) is 0. The van der Waals surface area contributed by atoms with Crippen molar-refractivity contribution < 1.29 is 0 Å². The summed E-state index contributed by atoms with van der Waals surface area (Å²) in [6, 6.07) is 26.6. The van der Waals surface area contributed by atoms with E-state index in [2.05, 4.69) is 176 Å². The van der Waals surface area contributed by atoms with Gasteiger partial charge in [-0.2, -0.15) is 0 Å². The van der Waals surface area contributed by atoms with Gasteiger partial charge in [0, 0.05) is 26.0 Å². The smallest absolute Gasteiger partial charge is 0.0861 e. The largest absolute Gasteiger partial charge is 0.311 e. The third-order valence-electron chi connectivity index (χ3n) is 10.6. The minimum absolute atomic E-state index is 0.694. The highest BCUT2D eigenvalue weighted by Crippen LogP contribution is 2.50. The Labute approximate surface area is 303 Å². The quantitative estimate of drug-likeness (QED) is 0.131. The number of allylic oxidation sites excluding steroid dienone is 7. The Hall–Kier alpha value is -2.40. The van der Waals surface area contributed by atoms with E-state index in [-0.39, 0.29) is 0 Å². The van der Waals surface area contributed by atoms with Crippen molar-refractivity contribution in [1.29, 1.82) is 0 Å². The maximum atomic E-state index is 3.63. The lowest BCUT2D eigenvalue weighted by Gasteiger charge is -2.41. The van der Waals surface area contributed by atoms with Gasteiger partial charge in [-0.1, -0.05) is 123 Å². The molecule has 0 amide bonds. The van der Waals surface area contributed by atoms with E-state index in [1.54, 1.807) is 16.7 Å². The normalized spacial score (nSPS) is 16.5. The lowest BCUT2D eigenvalue weighted by atomic mass is 9.88. The summed E-state index contributed by atoms with van der Waals surface area (Å²) in [4.78, 5) is 2.34. The van der Waals surface area contributed by atoms with Crippen LogP contribution in [0.5, 0.6) is 0 Å². The van der Waals surface area contributed by atoms with Crippen LogP contribution in [-0.4, -0.2) is 8.07 Å². The number of anilines is 3. The Morgan fingerprint density at radius 3 is 1.70 bits per heavy atom. The molecule has 4 heteroatoms. The number of benzene rings is 3. The summed E-state index contributed by atoms with van der Waals surface area (Å²) in [5.74, 6) is 0. The third-order valence-corrected chi connectivity index (χ3v) is 18.5. The van der Waals surface area contributed by atoms with Crippen LogP contribution in [-0.2, 0) is 0 Å². The van der Waals surface area contributed by atoms with Crippen LogP contribution in [0.1, 0.15) is 99.0 Å². The third kappa shape index (κ3) is 7.76. The number of rotatable bonds is 12. The van der Waals surface area contributed by atoms with Crippen molar-refractivity contribution in [1.82, 2.24) is 0 Å². The SMILES string of the molecule is CCCC/C=C(/C1=CC2=C(CCCC2)/C1=C/[Si](C(C)C)(C(C)C)C(C)C)c1ccc(N(c2ccc(Br)cc2)c2ccc(Br)cc2)cc1. The van der Waals surface area contributed by atoms with Gasteiger partial charge in [0.05, 0.1) is 8.07 Å². The van der Waals surface area contributed by atoms with E-state index in [4.69, 9.17) is 0 Å². The first-order valence-corrected chi connectivity index (χ1v) is 21.8. The zero-order valence-electron chi connectivity index (χ0n) is 29.5. The molecule has 0 fully saturated rings. The molecule has 0 saturated heterocycles. The molecule has 47 heavy (non-hydrogen) atoms. The van der Waals surface area contributed by atoms with Crippen molar-refractivity contribution in [2.75, 3.05) is 4.90 Å². The molecule has 0 heterocycles. The molecule has 3 aromatic carbocycles. The molecule has 248 valence electrons. The van der Waals surface area contributed by atoms with Gasteiger partial charge in [0.1, 0.15) is 0 Å². The van der Waals surface area contributed by atoms with Gasteiger partial charge in [-0.05, 0) is 143 Å². The van der Waals surface area contributed by atoms with Crippen molar-refractivity contribution in [3.05, 3.63) is 127 Å². The summed E-state index contributed by atoms with van der Waals surface area (Å²) in [6.07, 6.45) is 13.7. The number of hydrogen-bond donors (Lipinski definition) is 0. The van der Waals surface area contributed by atoms with E-state index >= 15 is 0 Å². The zero-order valence-corrected chi connectivity index (χ0v) is 33.7. The van der Waals surface area contributed by atoms with E-state index in [0.29, 0.717) is 16.6 Å². The number of halogens is 2. The number of unbranched alkanes of at least 4 members (excludes halogenated alkanes) is 2. The second-order valence-corrected chi connectivity index (χ2v) is 22.0. The maximum Gasteiger partial charge on any atom is 0.0861 e. The van der Waals surface area contributed by atoms with Gasteiger partial charge in [0.15, 0.2) is 0 Å². The van der Waals surface area contributed by atoms with Gasteiger partial charge in [-0.3, -0.25) is 0 Å². The van der Waals surface area contributed by atoms with Crippen molar-refractivity contribution >= 4 is 62.6 Å². The van der Waals surface area contributed by atoms with Gasteiger partial charge in [0.2, 0.25) is 0 Å². The lowest BCUT2D eigenvalue weighted by molar-refractivity contribution is 0.694. The molecule has 2 aliphatic rings. The van der Waals surface area contributed by atoms with Crippen molar-refractivity contribution in [2.24, 2.45) is 0 Å². The fraction of sp³-hybridized carbons (Fsp3) is 0.395. The molecule has 2 aliphatic carbocycles. The first-order valence-electron chi connectivity index (χ1n) is 17.9. The second kappa shape index (κ2) is 15.9. The summed E-state index contributed by atoms with van der Waals surface area (Å²) in [6.45, 7) is 17.3. The summed E-state index contributed by atoms with van der Waals surface area (Å²) in [5.41, 5.74) is 17.5. The molecule has 5 rings (SSSR count). The molecule has 0 unspecified atom stereocenters. The average molecular weight is 772 g/mol. The van der Waals surface area contributed by atoms with Gasteiger partial charge < -0.3 is 4.90 Å². The van der Waals surface area contributed by atoms with Gasteiger partial charge in [-0.15, -0.1) is 0 Å². The van der Waals surface area contributed by atoms with Crippen LogP contribution in [0.25, 0.3) is 5.57 Å². The van der Waals surface area contributed by atoms with Crippen LogP contribution < -0.4 is 4.90 Å². The monoisotopic (exact) mass is 769 g/mol. The van der Waals surface area contributed by atoms with Crippen LogP contribution in [0.3, 0.4) is 0 Å². The van der Waals surface area contributed by atoms with E-state index in [9.17, 15) is 0 Å². The maximum absolute atomic E-state index is 3.63. The predicted molar refractivity (Wildman–Crippen MR) is 217 cm³/mol. The average Bonchev–Trinajstić information content (AvgIpc) is 3.41. The first-order chi connectivity index (χ1) is 22.6. The standard InChI is InChI=1S/C43H53Br2NSi/c1-8-9-10-14-40(42-28-34-13-11-12-15-41(34)43(42)29-47(30(2)3,31(4)5)32(6)7)33-16-22-37(23-17-33)46(38-24-18-35(44)19-25-38)39-26-20-36(45)21-27-39/h14,16-32H,8-13,15H2,1-7H3/b40-14+,43-29-. The molecule has 0 N–H and O–H groups in total. The van der Waals surface area contributed by atoms with Crippen molar-refractivity contribution in [2.45, 2.75) is 110 Å². The Morgan fingerprint density at radius 2 is 1.21 bits per heavy atom. The van der Waals surface area contributed by atoms with Crippen LogP contribution in [0.4, 0.5) is 17.1 Å². The fourth-order valence-corrected chi connectivity index (χ4v) is 14.6. The highest BCUT2D eigenvalue weighted by molar-refractivity contribution is 9.10. The van der Waals surface area contributed by atoms with Crippen LogP contribution in [0.15, 0.2) is 122 Å². The van der Waals surface area contributed by atoms with E-state index in [1.165, 1.54) is 55.2 Å². The molecule has 0 aromatic heterocycles. The fourth-order valence-electron chi connectivity index (χ4n) is 8.20.